The fourth-order valence-corrected chi connectivity index (χ4v) is 3.23. The molecule has 1 aromatic rings. The standard InChI is InChI=1S/C18H17Cl2NO5/c1-4-26-18(24)15-12(8-22)21-9(2)13(17(23)25-3)14(15)10-6-5-7-11(19)16(10)20/h5-8,14,21H,4H2,1-3H3. The van der Waals surface area contributed by atoms with Crippen LogP contribution in [-0.4, -0.2) is 31.9 Å². The first-order valence-corrected chi connectivity index (χ1v) is 8.49. The lowest BCUT2D eigenvalue weighted by molar-refractivity contribution is -0.139. The third kappa shape index (κ3) is 3.61. The lowest BCUT2D eigenvalue weighted by Gasteiger charge is -2.30. The Bertz CT molecular complexity index is 829. The molecule has 2 rings (SSSR count). The van der Waals surface area contributed by atoms with Crippen LogP contribution in [0.3, 0.4) is 0 Å². The predicted molar refractivity (Wildman–Crippen MR) is 96.8 cm³/mol. The molecule has 0 spiro atoms. The van der Waals surface area contributed by atoms with Crippen LogP contribution in [0, 0.1) is 0 Å². The summed E-state index contributed by atoms with van der Waals surface area (Å²) < 4.78 is 9.95. The summed E-state index contributed by atoms with van der Waals surface area (Å²) in [4.78, 5) is 36.6. The van der Waals surface area contributed by atoms with E-state index in [1.54, 1.807) is 32.0 Å². The largest absolute Gasteiger partial charge is 0.466 e. The first-order chi connectivity index (χ1) is 12.4. The number of dihydropyridines is 1. The van der Waals surface area contributed by atoms with Gasteiger partial charge in [0, 0.05) is 5.70 Å². The number of hydrogen-bond donors (Lipinski definition) is 1. The van der Waals surface area contributed by atoms with Crippen molar-refractivity contribution in [3.05, 3.63) is 56.3 Å². The van der Waals surface area contributed by atoms with Crippen molar-refractivity contribution in [1.82, 2.24) is 5.32 Å². The van der Waals surface area contributed by atoms with Gasteiger partial charge in [0.2, 0.25) is 0 Å². The van der Waals surface area contributed by atoms with E-state index < -0.39 is 17.9 Å². The molecule has 0 aliphatic carbocycles. The van der Waals surface area contributed by atoms with Crippen LogP contribution >= 0.6 is 23.2 Å². The SMILES string of the molecule is CCOC(=O)C1=C(C=O)NC(C)=C(C(=O)OC)C1c1cccc(Cl)c1Cl. The van der Waals surface area contributed by atoms with Gasteiger partial charge in [0.05, 0.1) is 46.5 Å². The van der Waals surface area contributed by atoms with E-state index in [0.29, 0.717) is 17.5 Å². The summed E-state index contributed by atoms with van der Waals surface area (Å²) in [5.41, 5.74) is 0.868. The number of methoxy groups -OCH3 is 1. The Morgan fingerprint density at radius 1 is 1.23 bits per heavy atom. The minimum atomic E-state index is -0.964. The van der Waals surface area contributed by atoms with Gasteiger partial charge in [0.25, 0.3) is 0 Å². The quantitative estimate of drug-likeness (QED) is 0.606. The van der Waals surface area contributed by atoms with Gasteiger partial charge in [-0.1, -0.05) is 35.3 Å². The van der Waals surface area contributed by atoms with Crippen molar-refractivity contribution in [1.29, 1.82) is 0 Å². The molecule has 1 aliphatic heterocycles. The molecule has 0 amide bonds. The maximum absolute atomic E-state index is 12.6. The average molecular weight is 398 g/mol. The summed E-state index contributed by atoms with van der Waals surface area (Å²) in [6.45, 7) is 3.34. The Labute approximate surface area is 160 Å². The van der Waals surface area contributed by atoms with Gasteiger partial charge in [-0.05, 0) is 25.5 Å². The van der Waals surface area contributed by atoms with Crippen molar-refractivity contribution >= 4 is 41.4 Å². The Hall–Kier alpha value is -2.31. The second-order valence-corrected chi connectivity index (χ2v) is 6.18. The number of halogens is 2. The van der Waals surface area contributed by atoms with Crippen molar-refractivity contribution in [2.24, 2.45) is 0 Å². The van der Waals surface area contributed by atoms with Gasteiger partial charge in [-0.2, -0.15) is 0 Å². The molecular formula is C18H17Cl2NO5. The number of allylic oxidation sites excluding steroid dienone is 2. The van der Waals surface area contributed by atoms with E-state index in [1.165, 1.54) is 7.11 Å². The second kappa shape index (κ2) is 8.38. The van der Waals surface area contributed by atoms with E-state index in [-0.39, 0.29) is 33.5 Å². The smallest absolute Gasteiger partial charge is 0.337 e. The highest BCUT2D eigenvalue weighted by Gasteiger charge is 2.39. The minimum Gasteiger partial charge on any atom is -0.466 e. The number of hydrogen-bond acceptors (Lipinski definition) is 6. The zero-order valence-electron chi connectivity index (χ0n) is 14.4. The zero-order valence-corrected chi connectivity index (χ0v) is 15.9. The van der Waals surface area contributed by atoms with Crippen molar-refractivity contribution in [2.45, 2.75) is 19.8 Å². The topological polar surface area (TPSA) is 81.7 Å². The molecule has 0 saturated carbocycles. The van der Waals surface area contributed by atoms with Crippen LogP contribution < -0.4 is 5.32 Å². The number of ether oxygens (including phenoxy) is 2. The van der Waals surface area contributed by atoms with Crippen molar-refractivity contribution in [3.8, 4) is 0 Å². The minimum absolute atomic E-state index is 0.00496. The van der Waals surface area contributed by atoms with Gasteiger partial charge in [-0.3, -0.25) is 4.79 Å². The lowest BCUT2D eigenvalue weighted by Crippen LogP contribution is -2.33. The van der Waals surface area contributed by atoms with Crippen LogP contribution in [0.4, 0.5) is 0 Å². The van der Waals surface area contributed by atoms with Crippen LogP contribution in [0.2, 0.25) is 10.0 Å². The van der Waals surface area contributed by atoms with E-state index in [0.717, 1.165) is 0 Å². The van der Waals surface area contributed by atoms with Crippen molar-refractivity contribution in [2.75, 3.05) is 13.7 Å². The molecule has 1 aromatic carbocycles. The summed E-state index contributed by atoms with van der Waals surface area (Å²) in [6, 6.07) is 4.85. The summed E-state index contributed by atoms with van der Waals surface area (Å²) in [5, 5.41) is 3.19. The third-order valence-corrected chi connectivity index (χ3v) is 4.74. The fraction of sp³-hybridized carbons (Fsp3) is 0.278. The van der Waals surface area contributed by atoms with E-state index in [9.17, 15) is 14.4 Å². The van der Waals surface area contributed by atoms with E-state index in [1.807, 2.05) is 0 Å². The molecule has 0 bridgehead atoms. The average Bonchev–Trinajstić information content (AvgIpc) is 2.62. The predicted octanol–water partition coefficient (Wildman–Crippen LogP) is 3.14. The summed E-state index contributed by atoms with van der Waals surface area (Å²) in [7, 11) is 1.22. The molecular weight excluding hydrogens is 381 g/mol. The molecule has 0 aromatic heterocycles. The van der Waals surface area contributed by atoms with E-state index in [2.05, 4.69) is 5.32 Å². The third-order valence-electron chi connectivity index (χ3n) is 3.90. The second-order valence-electron chi connectivity index (χ2n) is 5.40. The summed E-state index contributed by atoms with van der Waals surface area (Å²) in [6.07, 6.45) is 0.495. The molecule has 1 heterocycles. The fourth-order valence-electron chi connectivity index (χ4n) is 2.82. The van der Waals surface area contributed by atoms with E-state index in [4.69, 9.17) is 32.7 Å². The maximum Gasteiger partial charge on any atom is 0.337 e. The van der Waals surface area contributed by atoms with Crippen LogP contribution in [0.25, 0.3) is 0 Å². The van der Waals surface area contributed by atoms with Gasteiger partial charge in [0.15, 0.2) is 6.29 Å². The highest BCUT2D eigenvalue weighted by atomic mass is 35.5. The Morgan fingerprint density at radius 2 is 1.92 bits per heavy atom. The summed E-state index contributed by atoms with van der Waals surface area (Å²) >= 11 is 12.4. The highest BCUT2D eigenvalue weighted by molar-refractivity contribution is 6.42. The Balaban J connectivity index is 2.80. The van der Waals surface area contributed by atoms with Crippen molar-refractivity contribution < 1.29 is 23.9 Å². The van der Waals surface area contributed by atoms with Gasteiger partial charge in [0.1, 0.15) is 0 Å². The number of nitrogens with one attached hydrogen (secondary N) is 1. The molecule has 1 atom stereocenters. The maximum atomic E-state index is 12.6. The van der Waals surface area contributed by atoms with Crippen LogP contribution in [0.5, 0.6) is 0 Å². The first-order valence-electron chi connectivity index (χ1n) is 7.73. The zero-order chi connectivity index (χ0) is 19.4. The van der Waals surface area contributed by atoms with Gasteiger partial charge in [-0.15, -0.1) is 0 Å². The molecule has 0 radical (unpaired) electrons. The number of aldehydes is 1. The highest BCUT2D eigenvalue weighted by Crippen LogP contribution is 2.43. The molecule has 0 fully saturated rings. The number of benzene rings is 1. The normalized spacial score (nSPS) is 16.9. The lowest BCUT2D eigenvalue weighted by atomic mass is 9.80. The molecule has 1 N–H and O–H groups in total. The van der Waals surface area contributed by atoms with Crippen LogP contribution in [-0.2, 0) is 23.9 Å². The van der Waals surface area contributed by atoms with Gasteiger partial charge >= 0.3 is 11.9 Å². The molecule has 138 valence electrons. The Morgan fingerprint density at radius 3 is 2.50 bits per heavy atom. The van der Waals surface area contributed by atoms with Crippen molar-refractivity contribution in [3.63, 3.8) is 0 Å². The monoisotopic (exact) mass is 397 g/mol. The van der Waals surface area contributed by atoms with Gasteiger partial charge < -0.3 is 14.8 Å². The molecule has 8 heteroatoms. The molecule has 1 unspecified atom stereocenters. The Kier molecular flexibility index (Phi) is 6.45. The molecule has 6 nitrogen and oxygen atoms in total. The number of carbonyl (C=O) groups is 3. The summed E-state index contributed by atoms with van der Waals surface area (Å²) in [5.74, 6) is -2.37. The van der Waals surface area contributed by atoms with Crippen LogP contribution in [0.15, 0.2) is 40.7 Å². The number of rotatable bonds is 5. The number of esters is 2. The molecule has 26 heavy (non-hydrogen) atoms. The van der Waals surface area contributed by atoms with Gasteiger partial charge in [-0.25, -0.2) is 9.59 Å². The van der Waals surface area contributed by atoms with Crippen LogP contribution in [0.1, 0.15) is 25.3 Å². The first kappa shape index (κ1) is 20.0. The van der Waals surface area contributed by atoms with E-state index >= 15 is 0 Å². The molecule has 1 aliphatic rings. The number of carbonyl (C=O) groups excluding carboxylic acids is 3. The molecule has 0 saturated heterocycles.